The Bertz CT molecular complexity index is 730. The van der Waals surface area contributed by atoms with Crippen LogP contribution >= 0.6 is 0 Å². The van der Waals surface area contributed by atoms with Gasteiger partial charge >= 0.3 is 15.5 Å². The predicted octanol–water partition coefficient (Wildman–Crippen LogP) is 2.03. The second-order valence-corrected chi connectivity index (χ2v) is 5.11. The molecule has 19 heavy (non-hydrogen) atoms. The number of anilines is 1. The molecular weight excluding hydrogens is 290 g/mol. The van der Waals surface area contributed by atoms with Crippen molar-refractivity contribution in [3.05, 3.63) is 30.3 Å². The topological polar surface area (TPSA) is 72.0 Å². The van der Waals surface area contributed by atoms with E-state index in [-0.39, 0.29) is 10.9 Å². The predicted molar refractivity (Wildman–Crippen MR) is 58.1 cm³/mol. The number of nitrogens with one attached hydrogen (secondary N) is 1. The lowest BCUT2D eigenvalue weighted by Crippen LogP contribution is -2.30. The fourth-order valence-corrected chi connectivity index (χ4v) is 1.83. The van der Waals surface area contributed by atoms with Crippen molar-refractivity contribution in [3.63, 3.8) is 0 Å². The van der Waals surface area contributed by atoms with E-state index in [2.05, 4.69) is 9.97 Å². The zero-order valence-electron chi connectivity index (χ0n) is 8.94. The Kier molecular flexibility index (Phi) is 3.04. The minimum atomic E-state index is -5.62. The molecular formula is C9H5F4N3O2S. The molecule has 0 aliphatic heterocycles. The largest absolute Gasteiger partial charge is 0.516 e. The number of halogens is 4. The summed E-state index contributed by atoms with van der Waals surface area (Å²) in [5, 5.41) is -0.171. The Morgan fingerprint density at radius 1 is 1.16 bits per heavy atom. The number of sulfonamides is 1. The molecule has 1 N–H and O–H groups in total. The summed E-state index contributed by atoms with van der Waals surface area (Å²) < 4.78 is 72.9. The second-order valence-electron chi connectivity index (χ2n) is 3.43. The van der Waals surface area contributed by atoms with Crippen LogP contribution in [0.3, 0.4) is 0 Å². The van der Waals surface area contributed by atoms with Gasteiger partial charge in [0.25, 0.3) is 0 Å². The summed E-state index contributed by atoms with van der Waals surface area (Å²) in [4.78, 5) is 7.06. The first-order valence-electron chi connectivity index (χ1n) is 4.70. The lowest BCUT2D eigenvalue weighted by molar-refractivity contribution is -0.0429. The van der Waals surface area contributed by atoms with E-state index in [0.29, 0.717) is 0 Å². The highest BCUT2D eigenvalue weighted by atomic mass is 32.2. The first-order valence-corrected chi connectivity index (χ1v) is 6.18. The maximum atomic E-state index is 13.0. The monoisotopic (exact) mass is 295 g/mol. The Balaban J connectivity index is 2.56. The van der Waals surface area contributed by atoms with Crippen LogP contribution in [0.15, 0.2) is 24.5 Å². The van der Waals surface area contributed by atoms with E-state index in [0.717, 1.165) is 18.5 Å². The van der Waals surface area contributed by atoms with Gasteiger partial charge < -0.3 is 0 Å². The molecule has 2 rings (SSSR count). The average molecular weight is 295 g/mol. The van der Waals surface area contributed by atoms with Gasteiger partial charge in [0.1, 0.15) is 12.1 Å². The molecule has 0 aliphatic rings. The molecule has 0 amide bonds. The highest BCUT2D eigenvalue weighted by Crippen LogP contribution is 2.27. The number of nitrogens with zero attached hydrogens (tertiary/aromatic N) is 2. The van der Waals surface area contributed by atoms with Crippen LogP contribution in [0.4, 0.5) is 23.4 Å². The SMILES string of the molecule is O=S(=O)(Nc1ncnc2ccc(F)cc12)C(F)(F)F. The molecule has 1 aromatic heterocycles. The van der Waals surface area contributed by atoms with Crippen LogP contribution in [0.2, 0.25) is 0 Å². The number of hydrogen-bond acceptors (Lipinski definition) is 4. The minimum absolute atomic E-state index is 0.108. The molecule has 0 saturated heterocycles. The Morgan fingerprint density at radius 3 is 2.47 bits per heavy atom. The van der Waals surface area contributed by atoms with Crippen LogP contribution in [-0.4, -0.2) is 23.9 Å². The molecule has 102 valence electrons. The standard InChI is InChI=1S/C9H5F4N3O2S/c10-5-1-2-7-6(3-5)8(15-4-14-7)16-19(17,18)9(11,12)13/h1-4H,(H,14,15,16). The molecule has 0 fully saturated rings. The minimum Gasteiger partial charge on any atom is -0.259 e. The highest BCUT2D eigenvalue weighted by Gasteiger charge is 2.46. The third kappa shape index (κ3) is 2.57. The van der Waals surface area contributed by atoms with Crippen LogP contribution in [-0.2, 0) is 10.0 Å². The maximum Gasteiger partial charge on any atom is 0.516 e. The molecule has 0 bridgehead atoms. The molecule has 1 aromatic carbocycles. The quantitative estimate of drug-likeness (QED) is 0.860. The van der Waals surface area contributed by atoms with Crippen LogP contribution in [0.1, 0.15) is 0 Å². The van der Waals surface area contributed by atoms with E-state index in [9.17, 15) is 26.0 Å². The zero-order chi connectivity index (χ0) is 14.3. The summed E-state index contributed by atoms with van der Waals surface area (Å²) in [5.74, 6) is -1.39. The molecule has 5 nitrogen and oxygen atoms in total. The van der Waals surface area contributed by atoms with Crippen LogP contribution < -0.4 is 4.72 Å². The number of hydrogen-bond donors (Lipinski definition) is 1. The van der Waals surface area contributed by atoms with Crippen molar-refractivity contribution in [1.29, 1.82) is 0 Å². The summed E-state index contributed by atoms with van der Waals surface area (Å²) in [6.45, 7) is 0. The molecule has 1 heterocycles. The fraction of sp³-hybridized carbons (Fsp3) is 0.111. The molecule has 0 atom stereocenters. The van der Waals surface area contributed by atoms with Gasteiger partial charge in [-0.15, -0.1) is 0 Å². The number of rotatable bonds is 2. The van der Waals surface area contributed by atoms with E-state index < -0.39 is 27.2 Å². The normalized spacial score (nSPS) is 12.6. The van der Waals surface area contributed by atoms with Crippen molar-refractivity contribution >= 4 is 26.7 Å². The van der Waals surface area contributed by atoms with Gasteiger partial charge in [-0.3, -0.25) is 4.72 Å². The lowest BCUT2D eigenvalue weighted by atomic mass is 10.2. The summed E-state index contributed by atoms with van der Waals surface area (Å²) in [6, 6.07) is 3.07. The van der Waals surface area contributed by atoms with Gasteiger partial charge in [0.15, 0.2) is 5.82 Å². The zero-order valence-corrected chi connectivity index (χ0v) is 9.76. The van der Waals surface area contributed by atoms with E-state index in [4.69, 9.17) is 0 Å². The lowest BCUT2D eigenvalue weighted by Gasteiger charge is -2.11. The van der Waals surface area contributed by atoms with Crippen LogP contribution in [0, 0.1) is 5.82 Å². The van der Waals surface area contributed by atoms with Crippen LogP contribution in [0.5, 0.6) is 0 Å². The molecule has 10 heteroatoms. The average Bonchev–Trinajstić information content (AvgIpc) is 2.28. The number of benzene rings is 1. The molecule has 0 radical (unpaired) electrons. The van der Waals surface area contributed by atoms with Crippen molar-refractivity contribution in [1.82, 2.24) is 9.97 Å². The smallest absolute Gasteiger partial charge is 0.259 e. The van der Waals surface area contributed by atoms with Crippen molar-refractivity contribution < 1.29 is 26.0 Å². The van der Waals surface area contributed by atoms with Gasteiger partial charge in [-0.2, -0.15) is 21.6 Å². The van der Waals surface area contributed by atoms with Crippen molar-refractivity contribution in [2.24, 2.45) is 0 Å². The van der Waals surface area contributed by atoms with Gasteiger partial charge in [0, 0.05) is 5.39 Å². The molecule has 2 aromatic rings. The maximum absolute atomic E-state index is 13.0. The highest BCUT2D eigenvalue weighted by molar-refractivity contribution is 7.93. The van der Waals surface area contributed by atoms with Gasteiger partial charge in [-0.1, -0.05) is 0 Å². The summed E-state index contributed by atoms with van der Waals surface area (Å²) in [5.41, 5.74) is -5.38. The van der Waals surface area contributed by atoms with Gasteiger partial charge in [-0.05, 0) is 18.2 Å². The van der Waals surface area contributed by atoms with Crippen molar-refractivity contribution in [2.75, 3.05) is 4.72 Å². The molecule has 0 spiro atoms. The number of fused-ring (bicyclic) bond motifs is 1. The third-order valence-electron chi connectivity index (χ3n) is 2.13. The van der Waals surface area contributed by atoms with E-state index in [1.165, 1.54) is 10.8 Å². The van der Waals surface area contributed by atoms with E-state index in [1.807, 2.05) is 0 Å². The number of alkyl halides is 3. The van der Waals surface area contributed by atoms with Gasteiger partial charge in [0.05, 0.1) is 5.52 Å². The summed E-state index contributed by atoms with van der Waals surface area (Å²) >= 11 is 0. The third-order valence-corrected chi connectivity index (χ3v) is 3.20. The van der Waals surface area contributed by atoms with Crippen LogP contribution in [0.25, 0.3) is 10.9 Å². The Labute approximate surface area is 104 Å². The Hall–Kier alpha value is -1.97. The molecule has 0 unspecified atom stereocenters. The summed E-state index contributed by atoms with van der Waals surface area (Å²) in [6.07, 6.45) is 0.870. The summed E-state index contributed by atoms with van der Waals surface area (Å²) in [7, 11) is -5.62. The van der Waals surface area contributed by atoms with Crippen molar-refractivity contribution in [2.45, 2.75) is 5.51 Å². The number of aromatic nitrogens is 2. The van der Waals surface area contributed by atoms with E-state index in [1.54, 1.807) is 0 Å². The van der Waals surface area contributed by atoms with Gasteiger partial charge in [-0.25, -0.2) is 14.4 Å². The second kappa shape index (κ2) is 4.30. The van der Waals surface area contributed by atoms with Gasteiger partial charge in [0.2, 0.25) is 0 Å². The molecule has 0 aliphatic carbocycles. The van der Waals surface area contributed by atoms with E-state index >= 15 is 0 Å². The van der Waals surface area contributed by atoms with Crippen molar-refractivity contribution in [3.8, 4) is 0 Å². The Morgan fingerprint density at radius 2 is 1.84 bits per heavy atom. The first-order chi connectivity index (χ1) is 8.71. The molecule has 0 saturated carbocycles. The fourth-order valence-electron chi connectivity index (χ4n) is 1.30. The first kappa shape index (κ1) is 13.5.